The normalized spacial score (nSPS) is 13.0. The summed E-state index contributed by atoms with van der Waals surface area (Å²) in [6, 6.07) is 4.30. The van der Waals surface area contributed by atoms with E-state index in [0.29, 0.717) is 5.56 Å². The second kappa shape index (κ2) is 9.14. The molecule has 1 fully saturated rings. The van der Waals surface area contributed by atoms with Crippen LogP contribution >= 0.6 is 0 Å². The van der Waals surface area contributed by atoms with Gasteiger partial charge in [-0.1, -0.05) is 5.10 Å². The minimum absolute atomic E-state index is 0.0253. The van der Waals surface area contributed by atoms with E-state index in [0.717, 1.165) is 25.0 Å². The van der Waals surface area contributed by atoms with Crippen LogP contribution in [0.5, 0.6) is 5.75 Å². The number of ether oxygens (including phenoxy) is 1. The van der Waals surface area contributed by atoms with Gasteiger partial charge in [0.25, 0.3) is 5.91 Å². The Bertz CT molecular complexity index is 1180. The van der Waals surface area contributed by atoms with E-state index in [-0.39, 0.29) is 48.0 Å². The van der Waals surface area contributed by atoms with Crippen molar-refractivity contribution in [3.63, 3.8) is 0 Å². The van der Waals surface area contributed by atoms with E-state index in [1.807, 2.05) is 0 Å². The van der Waals surface area contributed by atoms with Crippen LogP contribution in [-0.4, -0.2) is 37.5 Å². The molecule has 3 aromatic rings. The standard InChI is InChI=1S/C20H18F2N6O5/c21-13-5-14(22)19(12-2-3-12)15(6-13)32-10-18(29)27(9-17-25-26-20(23)33-17)8-11-1-4-16(24-7-11)28(30)31/h1,4-7,12H,2-3,8-10H2,(H2,23,26). The molecule has 1 amide bonds. The lowest BCUT2D eigenvalue weighted by Gasteiger charge is -2.21. The summed E-state index contributed by atoms with van der Waals surface area (Å²) in [5, 5.41) is 18.1. The number of nitrogens with two attached hydrogens (primary N) is 1. The minimum Gasteiger partial charge on any atom is -0.483 e. The van der Waals surface area contributed by atoms with E-state index in [9.17, 15) is 23.7 Å². The Balaban J connectivity index is 1.51. The molecule has 0 aliphatic heterocycles. The van der Waals surface area contributed by atoms with Gasteiger partial charge in [-0.05, 0) is 34.7 Å². The molecule has 33 heavy (non-hydrogen) atoms. The molecule has 0 radical (unpaired) electrons. The number of benzene rings is 1. The fraction of sp³-hybridized carbons (Fsp3) is 0.300. The molecule has 1 aliphatic rings. The van der Waals surface area contributed by atoms with Crippen molar-refractivity contribution in [1.29, 1.82) is 0 Å². The largest absolute Gasteiger partial charge is 0.483 e. The van der Waals surface area contributed by atoms with Crippen molar-refractivity contribution in [2.24, 2.45) is 0 Å². The quantitative estimate of drug-likeness (QED) is 0.375. The summed E-state index contributed by atoms with van der Waals surface area (Å²) in [5.41, 5.74) is 6.16. The molecule has 2 N–H and O–H groups in total. The maximum absolute atomic E-state index is 14.2. The average molecular weight is 460 g/mol. The molecule has 2 aromatic heterocycles. The number of carbonyl (C=O) groups is 1. The number of amides is 1. The van der Waals surface area contributed by atoms with Gasteiger partial charge in [0.15, 0.2) is 6.61 Å². The van der Waals surface area contributed by atoms with Gasteiger partial charge >= 0.3 is 11.8 Å². The van der Waals surface area contributed by atoms with Gasteiger partial charge in [0.2, 0.25) is 5.89 Å². The maximum atomic E-state index is 14.2. The zero-order valence-electron chi connectivity index (χ0n) is 17.1. The number of aromatic nitrogens is 3. The molecule has 0 bridgehead atoms. The summed E-state index contributed by atoms with van der Waals surface area (Å²) in [6.07, 6.45) is 2.77. The molecular formula is C20H18F2N6O5. The number of nitrogens with zero attached hydrogens (tertiary/aromatic N) is 5. The van der Waals surface area contributed by atoms with Crippen LogP contribution in [0.4, 0.5) is 20.6 Å². The van der Waals surface area contributed by atoms with Crippen molar-refractivity contribution in [3.8, 4) is 5.75 Å². The summed E-state index contributed by atoms with van der Waals surface area (Å²) in [7, 11) is 0. The van der Waals surface area contributed by atoms with Gasteiger partial charge in [0, 0.05) is 29.3 Å². The monoisotopic (exact) mass is 460 g/mol. The number of halogens is 2. The van der Waals surface area contributed by atoms with Crippen LogP contribution in [0.1, 0.15) is 35.8 Å². The number of carbonyl (C=O) groups excluding carboxylic acids is 1. The first kappa shape index (κ1) is 22.0. The van der Waals surface area contributed by atoms with Gasteiger partial charge in [-0.2, -0.15) is 0 Å². The Kier molecular flexibility index (Phi) is 6.11. The second-order valence-electron chi connectivity index (χ2n) is 7.43. The van der Waals surface area contributed by atoms with Crippen LogP contribution in [0.2, 0.25) is 0 Å². The van der Waals surface area contributed by atoms with Gasteiger partial charge in [-0.25, -0.2) is 8.78 Å². The predicted molar refractivity (Wildman–Crippen MR) is 108 cm³/mol. The predicted octanol–water partition coefficient (Wildman–Crippen LogP) is 2.72. The number of pyridine rings is 1. The van der Waals surface area contributed by atoms with Crippen LogP contribution in [0.15, 0.2) is 34.9 Å². The van der Waals surface area contributed by atoms with Crippen molar-refractivity contribution in [2.75, 3.05) is 12.3 Å². The van der Waals surface area contributed by atoms with E-state index in [1.54, 1.807) is 0 Å². The third-order valence-electron chi connectivity index (χ3n) is 4.92. The number of hydrogen-bond donors (Lipinski definition) is 1. The lowest BCUT2D eigenvalue weighted by Crippen LogP contribution is -2.34. The van der Waals surface area contributed by atoms with Gasteiger partial charge in [0.1, 0.15) is 23.6 Å². The maximum Gasteiger partial charge on any atom is 0.363 e. The van der Waals surface area contributed by atoms with Gasteiger partial charge < -0.3 is 29.9 Å². The Labute approximate surface area is 185 Å². The first-order valence-corrected chi connectivity index (χ1v) is 9.87. The van der Waals surface area contributed by atoms with E-state index in [4.69, 9.17) is 14.9 Å². The number of anilines is 1. The van der Waals surface area contributed by atoms with Crippen LogP contribution in [0.3, 0.4) is 0 Å². The fourth-order valence-electron chi connectivity index (χ4n) is 3.24. The Hall–Kier alpha value is -4.16. The summed E-state index contributed by atoms with van der Waals surface area (Å²) in [6.45, 7) is -0.689. The van der Waals surface area contributed by atoms with Gasteiger partial charge in [-0.3, -0.25) is 4.79 Å². The minimum atomic E-state index is -0.811. The molecule has 0 spiro atoms. The highest BCUT2D eigenvalue weighted by atomic mass is 19.1. The first-order valence-electron chi connectivity index (χ1n) is 9.87. The molecule has 1 aliphatic carbocycles. The molecule has 1 saturated carbocycles. The van der Waals surface area contributed by atoms with Crippen LogP contribution < -0.4 is 10.5 Å². The van der Waals surface area contributed by atoms with Crippen molar-refractivity contribution < 1.29 is 27.7 Å². The molecule has 0 unspecified atom stereocenters. The third-order valence-corrected chi connectivity index (χ3v) is 4.92. The van der Waals surface area contributed by atoms with Crippen molar-refractivity contribution >= 4 is 17.7 Å². The lowest BCUT2D eigenvalue weighted by molar-refractivity contribution is -0.389. The molecule has 13 heteroatoms. The molecule has 1 aromatic carbocycles. The number of nitro groups is 1. The fourth-order valence-corrected chi connectivity index (χ4v) is 3.24. The van der Waals surface area contributed by atoms with Crippen molar-refractivity contribution in [3.05, 3.63) is 69.2 Å². The molecule has 0 atom stereocenters. The van der Waals surface area contributed by atoms with Crippen LogP contribution in [0.25, 0.3) is 0 Å². The molecular weight excluding hydrogens is 442 g/mol. The first-order chi connectivity index (χ1) is 15.8. The zero-order valence-corrected chi connectivity index (χ0v) is 17.1. The molecule has 0 saturated heterocycles. The highest BCUT2D eigenvalue weighted by Gasteiger charge is 2.31. The van der Waals surface area contributed by atoms with E-state index >= 15 is 0 Å². The van der Waals surface area contributed by atoms with Gasteiger partial charge in [0.05, 0.1) is 13.1 Å². The smallest absolute Gasteiger partial charge is 0.363 e. The Morgan fingerprint density at radius 3 is 2.67 bits per heavy atom. The van der Waals surface area contributed by atoms with Crippen molar-refractivity contribution in [1.82, 2.24) is 20.1 Å². The SMILES string of the molecule is Nc1nnc(CN(Cc2ccc([N+](=O)[O-])nc2)C(=O)COc2cc(F)cc(F)c2C2CC2)o1. The van der Waals surface area contributed by atoms with Gasteiger partial charge in [-0.15, -0.1) is 5.10 Å². The van der Waals surface area contributed by atoms with Crippen LogP contribution in [0, 0.1) is 21.7 Å². The highest BCUT2D eigenvalue weighted by Crippen LogP contribution is 2.45. The van der Waals surface area contributed by atoms with Crippen molar-refractivity contribution in [2.45, 2.75) is 31.8 Å². The molecule has 11 nitrogen and oxygen atoms in total. The van der Waals surface area contributed by atoms with E-state index in [2.05, 4.69) is 15.2 Å². The number of nitrogen functional groups attached to an aromatic ring is 1. The summed E-state index contributed by atoms with van der Waals surface area (Å²) >= 11 is 0. The molecule has 172 valence electrons. The zero-order chi connectivity index (χ0) is 23.5. The average Bonchev–Trinajstić information content (AvgIpc) is 3.52. The van der Waals surface area contributed by atoms with Crippen LogP contribution in [-0.2, 0) is 17.9 Å². The molecule has 4 rings (SSSR count). The number of rotatable bonds is 9. The summed E-state index contributed by atoms with van der Waals surface area (Å²) in [4.78, 5) is 28.1. The topological polar surface area (TPSA) is 151 Å². The Morgan fingerprint density at radius 2 is 2.06 bits per heavy atom. The summed E-state index contributed by atoms with van der Waals surface area (Å²) < 4.78 is 38.6. The third kappa shape index (κ3) is 5.37. The Morgan fingerprint density at radius 1 is 1.27 bits per heavy atom. The van der Waals surface area contributed by atoms with E-state index in [1.165, 1.54) is 23.2 Å². The highest BCUT2D eigenvalue weighted by molar-refractivity contribution is 5.77. The lowest BCUT2D eigenvalue weighted by atomic mass is 10.1. The summed E-state index contributed by atoms with van der Waals surface area (Å²) in [5.74, 6) is -2.47. The molecule has 2 heterocycles. The number of hydrogen-bond acceptors (Lipinski definition) is 9. The van der Waals surface area contributed by atoms with E-state index < -0.39 is 29.1 Å². The second-order valence-corrected chi connectivity index (χ2v) is 7.43.